The van der Waals surface area contributed by atoms with Gasteiger partial charge in [0, 0.05) is 19.6 Å². The molecule has 0 bridgehead atoms. The third-order valence-corrected chi connectivity index (χ3v) is 3.77. The van der Waals surface area contributed by atoms with E-state index in [0.717, 1.165) is 17.6 Å². The monoisotopic (exact) mass is 229 g/mol. The molecule has 1 fully saturated rings. The Labute approximate surface area is 101 Å². The van der Waals surface area contributed by atoms with Crippen molar-refractivity contribution < 1.29 is 0 Å². The predicted octanol–water partition coefficient (Wildman–Crippen LogP) is 3.31. The average Bonchev–Trinajstić information content (AvgIpc) is 2.82. The van der Waals surface area contributed by atoms with Gasteiger partial charge in [0.25, 0.3) is 0 Å². The lowest BCUT2D eigenvalue weighted by molar-refractivity contribution is 0.187. The van der Waals surface area contributed by atoms with Crippen LogP contribution in [0.5, 0.6) is 0 Å². The molecule has 90 valence electrons. The van der Waals surface area contributed by atoms with Gasteiger partial charge in [-0.05, 0) is 35.8 Å². The molecule has 1 rings (SSSR count). The van der Waals surface area contributed by atoms with E-state index >= 15 is 0 Å². The first kappa shape index (κ1) is 13.4. The quantitative estimate of drug-likeness (QED) is 0.656. The SMILES string of the molecule is CC(C)CN(CC(C)C)CC1(CS)CC1. The zero-order chi connectivity index (χ0) is 11.5. The van der Waals surface area contributed by atoms with Gasteiger partial charge in [0.1, 0.15) is 0 Å². The lowest BCUT2D eigenvalue weighted by Gasteiger charge is -2.29. The molecule has 15 heavy (non-hydrogen) atoms. The average molecular weight is 229 g/mol. The summed E-state index contributed by atoms with van der Waals surface area (Å²) in [4.78, 5) is 2.65. The first-order valence-corrected chi connectivity index (χ1v) is 6.94. The van der Waals surface area contributed by atoms with E-state index in [1.807, 2.05) is 0 Å². The van der Waals surface area contributed by atoms with Crippen LogP contribution < -0.4 is 0 Å². The van der Waals surface area contributed by atoms with Crippen LogP contribution in [0.4, 0.5) is 0 Å². The fourth-order valence-corrected chi connectivity index (χ4v) is 2.67. The van der Waals surface area contributed by atoms with Gasteiger partial charge < -0.3 is 4.90 Å². The standard InChI is InChI=1S/C13H27NS/c1-11(2)7-14(8-12(3)4)9-13(10-15)5-6-13/h11-12,15H,5-10H2,1-4H3. The second kappa shape index (κ2) is 5.58. The molecule has 0 atom stereocenters. The Morgan fingerprint density at radius 2 is 1.53 bits per heavy atom. The molecule has 0 heterocycles. The predicted molar refractivity (Wildman–Crippen MR) is 71.6 cm³/mol. The molecule has 0 unspecified atom stereocenters. The van der Waals surface area contributed by atoms with Crippen molar-refractivity contribution in [3.63, 3.8) is 0 Å². The van der Waals surface area contributed by atoms with Crippen molar-refractivity contribution in [3.8, 4) is 0 Å². The smallest absolute Gasteiger partial charge is 0.00460 e. The minimum Gasteiger partial charge on any atom is -0.302 e. The molecule has 0 spiro atoms. The van der Waals surface area contributed by atoms with Gasteiger partial charge in [-0.3, -0.25) is 0 Å². The van der Waals surface area contributed by atoms with Gasteiger partial charge in [0.15, 0.2) is 0 Å². The Bertz CT molecular complexity index is 175. The molecule has 0 aromatic rings. The highest BCUT2D eigenvalue weighted by atomic mass is 32.1. The van der Waals surface area contributed by atoms with E-state index in [0.29, 0.717) is 5.41 Å². The summed E-state index contributed by atoms with van der Waals surface area (Å²) < 4.78 is 0. The molecule has 0 aromatic carbocycles. The Morgan fingerprint density at radius 1 is 1.07 bits per heavy atom. The molecule has 1 nitrogen and oxygen atoms in total. The number of hydrogen-bond acceptors (Lipinski definition) is 2. The Balaban J connectivity index is 2.41. The van der Waals surface area contributed by atoms with E-state index in [-0.39, 0.29) is 0 Å². The molecule has 0 aliphatic heterocycles. The molecule has 0 aromatic heterocycles. The number of nitrogens with zero attached hydrogens (tertiary/aromatic N) is 1. The van der Waals surface area contributed by atoms with Crippen LogP contribution in [-0.2, 0) is 0 Å². The third kappa shape index (κ3) is 4.78. The van der Waals surface area contributed by atoms with Gasteiger partial charge in [-0.1, -0.05) is 27.7 Å². The maximum Gasteiger partial charge on any atom is 0.00460 e. The van der Waals surface area contributed by atoms with Crippen molar-refractivity contribution in [2.75, 3.05) is 25.4 Å². The van der Waals surface area contributed by atoms with E-state index < -0.39 is 0 Å². The first-order chi connectivity index (χ1) is 6.97. The van der Waals surface area contributed by atoms with Crippen LogP contribution in [0, 0.1) is 17.3 Å². The molecule has 1 aliphatic rings. The number of rotatable bonds is 7. The second-order valence-corrected chi connectivity index (χ2v) is 6.46. The van der Waals surface area contributed by atoms with E-state index in [4.69, 9.17) is 0 Å². The highest BCUT2D eigenvalue weighted by Crippen LogP contribution is 2.47. The van der Waals surface area contributed by atoms with Gasteiger partial charge in [0.2, 0.25) is 0 Å². The Morgan fingerprint density at radius 3 is 1.80 bits per heavy atom. The lowest BCUT2D eigenvalue weighted by Crippen LogP contribution is -2.36. The topological polar surface area (TPSA) is 3.24 Å². The van der Waals surface area contributed by atoms with Crippen molar-refractivity contribution in [2.45, 2.75) is 40.5 Å². The van der Waals surface area contributed by atoms with E-state index in [2.05, 4.69) is 45.2 Å². The summed E-state index contributed by atoms with van der Waals surface area (Å²) in [5.74, 6) is 2.62. The molecular weight excluding hydrogens is 202 g/mol. The summed E-state index contributed by atoms with van der Waals surface area (Å²) in [6.07, 6.45) is 2.78. The molecule has 1 saturated carbocycles. The molecule has 0 N–H and O–H groups in total. The van der Waals surface area contributed by atoms with Crippen LogP contribution in [0.1, 0.15) is 40.5 Å². The summed E-state index contributed by atoms with van der Waals surface area (Å²) in [6.45, 7) is 13.0. The lowest BCUT2D eigenvalue weighted by atomic mass is 10.1. The Kier molecular flexibility index (Phi) is 4.98. The van der Waals surface area contributed by atoms with E-state index in [1.54, 1.807) is 0 Å². The zero-order valence-electron chi connectivity index (χ0n) is 10.8. The van der Waals surface area contributed by atoms with Crippen molar-refractivity contribution in [1.29, 1.82) is 0 Å². The van der Waals surface area contributed by atoms with Crippen molar-refractivity contribution in [1.82, 2.24) is 4.90 Å². The summed E-state index contributed by atoms with van der Waals surface area (Å²) >= 11 is 4.49. The summed E-state index contributed by atoms with van der Waals surface area (Å²) in [5.41, 5.74) is 0.576. The normalized spacial score (nSPS) is 19.2. The summed E-state index contributed by atoms with van der Waals surface area (Å²) in [7, 11) is 0. The van der Waals surface area contributed by atoms with Crippen LogP contribution in [0.3, 0.4) is 0 Å². The fourth-order valence-electron chi connectivity index (χ4n) is 2.25. The minimum absolute atomic E-state index is 0.576. The minimum atomic E-state index is 0.576. The molecule has 0 saturated heterocycles. The molecular formula is C13H27NS. The maximum absolute atomic E-state index is 4.49. The largest absolute Gasteiger partial charge is 0.302 e. The van der Waals surface area contributed by atoms with Crippen LogP contribution in [0.2, 0.25) is 0 Å². The second-order valence-electron chi connectivity index (χ2n) is 6.14. The molecule has 0 amide bonds. The molecule has 0 radical (unpaired) electrons. The summed E-state index contributed by atoms with van der Waals surface area (Å²) in [6, 6.07) is 0. The first-order valence-electron chi connectivity index (χ1n) is 6.31. The van der Waals surface area contributed by atoms with Crippen molar-refractivity contribution >= 4 is 12.6 Å². The number of hydrogen-bond donors (Lipinski definition) is 1. The Hall–Kier alpha value is 0.310. The highest BCUT2D eigenvalue weighted by Gasteiger charge is 2.42. The van der Waals surface area contributed by atoms with E-state index in [1.165, 1.54) is 32.5 Å². The van der Waals surface area contributed by atoms with Crippen LogP contribution >= 0.6 is 12.6 Å². The highest BCUT2D eigenvalue weighted by molar-refractivity contribution is 7.80. The van der Waals surface area contributed by atoms with Gasteiger partial charge >= 0.3 is 0 Å². The van der Waals surface area contributed by atoms with Crippen molar-refractivity contribution in [2.24, 2.45) is 17.3 Å². The molecule has 2 heteroatoms. The van der Waals surface area contributed by atoms with Crippen LogP contribution in [0.25, 0.3) is 0 Å². The van der Waals surface area contributed by atoms with Crippen molar-refractivity contribution in [3.05, 3.63) is 0 Å². The third-order valence-electron chi connectivity index (χ3n) is 3.10. The van der Waals surface area contributed by atoms with Gasteiger partial charge in [0.05, 0.1) is 0 Å². The van der Waals surface area contributed by atoms with Gasteiger partial charge in [-0.2, -0.15) is 12.6 Å². The van der Waals surface area contributed by atoms with Crippen LogP contribution in [-0.4, -0.2) is 30.3 Å². The fraction of sp³-hybridized carbons (Fsp3) is 1.00. The molecule has 1 aliphatic carbocycles. The maximum atomic E-state index is 4.49. The van der Waals surface area contributed by atoms with E-state index in [9.17, 15) is 0 Å². The van der Waals surface area contributed by atoms with Gasteiger partial charge in [-0.25, -0.2) is 0 Å². The summed E-state index contributed by atoms with van der Waals surface area (Å²) in [5, 5.41) is 0. The van der Waals surface area contributed by atoms with Crippen LogP contribution in [0.15, 0.2) is 0 Å². The zero-order valence-corrected chi connectivity index (χ0v) is 11.7. The number of thiol groups is 1. The van der Waals surface area contributed by atoms with Gasteiger partial charge in [-0.15, -0.1) is 0 Å².